The van der Waals surface area contributed by atoms with Gasteiger partial charge in [-0.1, -0.05) is 36.1 Å². The number of nitro groups is 1. The summed E-state index contributed by atoms with van der Waals surface area (Å²) in [4.78, 5) is 15.8. The zero-order chi connectivity index (χ0) is 16.8. The number of nitro benzene ring substituents is 1. The molecule has 0 bridgehead atoms. The van der Waals surface area contributed by atoms with Crippen molar-refractivity contribution in [2.24, 2.45) is 4.99 Å². The molecule has 2 aromatic rings. The fourth-order valence-corrected chi connectivity index (χ4v) is 2.17. The minimum atomic E-state index is -0.526. The molecule has 0 fully saturated rings. The number of non-ortho nitro benzene ring substituents is 1. The molecule has 0 saturated carbocycles. The van der Waals surface area contributed by atoms with Gasteiger partial charge in [-0.3, -0.25) is 15.1 Å². The number of nitrogens with zero attached hydrogens (tertiary/aromatic N) is 2. The molecule has 0 atom stereocenters. The van der Waals surface area contributed by atoms with E-state index in [0.717, 1.165) is 12.1 Å². The zero-order valence-electron chi connectivity index (χ0n) is 13.2. The number of rotatable bonds is 6. The first-order chi connectivity index (χ1) is 11.0. The van der Waals surface area contributed by atoms with Crippen molar-refractivity contribution in [3.05, 3.63) is 69.3 Å². The molecule has 0 heterocycles. The standard InChI is InChI=1S/C17H19N3O3/c1-19(2)12-14-5-3-13(4-6-14)10-18-11-15-9-16(20(22)23)7-8-17(15)21/h3-9,11,21H,10,12H2,1-2H3. The number of aliphatic imine (C=N–C) groups is 1. The van der Waals surface area contributed by atoms with Crippen LogP contribution in [0.25, 0.3) is 0 Å². The van der Waals surface area contributed by atoms with E-state index < -0.39 is 4.92 Å². The van der Waals surface area contributed by atoms with Gasteiger partial charge in [0.15, 0.2) is 0 Å². The van der Waals surface area contributed by atoms with E-state index in [4.69, 9.17) is 0 Å². The average Bonchev–Trinajstić information content (AvgIpc) is 2.50. The van der Waals surface area contributed by atoms with Gasteiger partial charge in [0.05, 0.1) is 25.6 Å². The monoisotopic (exact) mass is 313 g/mol. The summed E-state index contributed by atoms with van der Waals surface area (Å²) in [6, 6.07) is 11.8. The minimum absolute atomic E-state index is 0.110. The van der Waals surface area contributed by atoms with Crippen molar-refractivity contribution in [2.45, 2.75) is 13.1 Å². The van der Waals surface area contributed by atoms with Gasteiger partial charge in [-0.15, -0.1) is 0 Å². The summed E-state index contributed by atoms with van der Waals surface area (Å²) in [7, 11) is 4.19. The molecule has 0 unspecified atom stereocenters. The fourth-order valence-electron chi connectivity index (χ4n) is 2.17. The van der Waals surface area contributed by atoms with Crippen LogP contribution in [0.1, 0.15) is 16.7 Å². The van der Waals surface area contributed by atoms with Gasteiger partial charge >= 0.3 is 0 Å². The molecule has 0 saturated heterocycles. The van der Waals surface area contributed by atoms with Gasteiger partial charge < -0.3 is 10.0 Å². The average molecular weight is 313 g/mol. The largest absolute Gasteiger partial charge is 0.872 e. The molecule has 2 rings (SSSR count). The number of nitrogens with one attached hydrogen (secondary N) is 1. The van der Waals surface area contributed by atoms with Crippen LogP contribution in [0, 0.1) is 10.1 Å². The van der Waals surface area contributed by atoms with E-state index in [9.17, 15) is 15.2 Å². The maximum Gasteiger partial charge on any atom is 0.270 e. The van der Waals surface area contributed by atoms with Crippen molar-refractivity contribution < 1.29 is 14.9 Å². The van der Waals surface area contributed by atoms with Crippen LogP contribution in [-0.2, 0) is 13.1 Å². The highest BCUT2D eigenvalue weighted by molar-refractivity contribution is 5.84. The molecule has 120 valence electrons. The second-order valence-corrected chi connectivity index (χ2v) is 5.65. The van der Waals surface area contributed by atoms with E-state index in [0.29, 0.717) is 6.54 Å². The van der Waals surface area contributed by atoms with Crippen molar-refractivity contribution in [1.29, 1.82) is 0 Å². The Morgan fingerprint density at radius 1 is 1.13 bits per heavy atom. The minimum Gasteiger partial charge on any atom is -0.872 e. The first kappa shape index (κ1) is 16.6. The predicted octanol–water partition coefficient (Wildman–Crippen LogP) is 0.932. The fraction of sp³-hybridized carbons (Fsp3) is 0.235. The van der Waals surface area contributed by atoms with Crippen molar-refractivity contribution in [3.8, 4) is 5.75 Å². The lowest BCUT2D eigenvalue weighted by molar-refractivity contribution is -0.872. The lowest BCUT2D eigenvalue weighted by atomic mass is 10.1. The number of benzene rings is 2. The molecule has 0 aromatic heterocycles. The Hall–Kier alpha value is -2.73. The highest BCUT2D eigenvalue weighted by Crippen LogP contribution is 2.19. The molecule has 0 spiro atoms. The van der Waals surface area contributed by atoms with Gasteiger partial charge in [0.25, 0.3) is 5.69 Å². The highest BCUT2D eigenvalue weighted by atomic mass is 16.6. The van der Waals surface area contributed by atoms with E-state index in [2.05, 4.69) is 31.2 Å². The Bertz CT molecular complexity index is 710. The molecule has 23 heavy (non-hydrogen) atoms. The van der Waals surface area contributed by atoms with Gasteiger partial charge in [-0.05, 0) is 11.1 Å². The Morgan fingerprint density at radius 3 is 2.39 bits per heavy atom. The second kappa shape index (κ2) is 7.51. The highest BCUT2D eigenvalue weighted by Gasteiger charge is 2.05. The zero-order valence-corrected chi connectivity index (χ0v) is 13.2. The van der Waals surface area contributed by atoms with Crippen LogP contribution in [0.2, 0.25) is 0 Å². The van der Waals surface area contributed by atoms with Gasteiger partial charge in [-0.25, -0.2) is 0 Å². The summed E-state index contributed by atoms with van der Waals surface area (Å²) in [6.45, 7) is 1.38. The van der Waals surface area contributed by atoms with Gasteiger partial charge in [0, 0.05) is 23.9 Å². The van der Waals surface area contributed by atoms with Crippen LogP contribution >= 0.6 is 0 Å². The van der Waals surface area contributed by atoms with Crippen molar-refractivity contribution in [3.63, 3.8) is 0 Å². The third-order valence-electron chi connectivity index (χ3n) is 3.29. The van der Waals surface area contributed by atoms with Crippen LogP contribution in [0.5, 0.6) is 5.75 Å². The SMILES string of the molecule is C[NH+](C)Cc1ccc(CN=Cc2cc([N+](=O)[O-])ccc2[O-])cc1. The molecule has 6 heteroatoms. The van der Waals surface area contributed by atoms with Crippen LogP contribution in [0.3, 0.4) is 0 Å². The summed E-state index contributed by atoms with van der Waals surface area (Å²) < 4.78 is 0. The molecule has 0 aliphatic heterocycles. The molecule has 6 nitrogen and oxygen atoms in total. The van der Waals surface area contributed by atoms with Gasteiger partial charge in [0.1, 0.15) is 6.54 Å². The van der Waals surface area contributed by atoms with Crippen molar-refractivity contribution >= 4 is 11.9 Å². The normalized spacial score (nSPS) is 11.3. The quantitative estimate of drug-likeness (QED) is 0.489. The lowest BCUT2D eigenvalue weighted by Gasteiger charge is -2.09. The van der Waals surface area contributed by atoms with E-state index in [1.165, 1.54) is 34.9 Å². The Balaban J connectivity index is 2.04. The van der Waals surface area contributed by atoms with Crippen LogP contribution < -0.4 is 10.0 Å². The first-order valence-corrected chi connectivity index (χ1v) is 7.28. The Kier molecular flexibility index (Phi) is 5.43. The maximum atomic E-state index is 11.7. The van der Waals surface area contributed by atoms with Crippen molar-refractivity contribution in [1.82, 2.24) is 0 Å². The first-order valence-electron chi connectivity index (χ1n) is 7.28. The smallest absolute Gasteiger partial charge is 0.270 e. The molecule has 0 amide bonds. The third-order valence-corrected chi connectivity index (χ3v) is 3.29. The lowest BCUT2D eigenvalue weighted by Crippen LogP contribution is -3.04. The summed E-state index contributed by atoms with van der Waals surface area (Å²) in [5.41, 5.74) is 2.39. The summed E-state index contributed by atoms with van der Waals surface area (Å²) >= 11 is 0. The van der Waals surface area contributed by atoms with Crippen molar-refractivity contribution in [2.75, 3.05) is 14.1 Å². The molecular weight excluding hydrogens is 294 g/mol. The van der Waals surface area contributed by atoms with Gasteiger partial charge in [-0.2, -0.15) is 0 Å². The summed E-state index contributed by atoms with van der Waals surface area (Å²) in [6.07, 6.45) is 1.40. The Labute approximate surface area is 134 Å². The molecule has 0 radical (unpaired) electrons. The second-order valence-electron chi connectivity index (χ2n) is 5.65. The van der Waals surface area contributed by atoms with E-state index in [1.807, 2.05) is 12.1 Å². The molecule has 0 aliphatic carbocycles. The molecular formula is C17H19N3O3. The van der Waals surface area contributed by atoms with Gasteiger partial charge in [0.2, 0.25) is 0 Å². The van der Waals surface area contributed by atoms with Crippen LogP contribution in [-0.4, -0.2) is 25.2 Å². The number of hydrogen-bond acceptors (Lipinski definition) is 4. The molecule has 1 N–H and O–H groups in total. The van der Waals surface area contributed by atoms with E-state index in [-0.39, 0.29) is 17.0 Å². The van der Waals surface area contributed by atoms with E-state index >= 15 is 0 Å². The van der Waals surface area contributed by atoms with Crippen LogP contribution in [0.4, 0.5) is 5.69 Å². The summed E-state index contributed by atoms with van der Waals surface area (Å²) in [5.74, 6) is -0.274. The molecule has 2 aromatic carbocycles. The maximum absolute atomic E-state index is 11.7. The number of quaternary nitrogens is 1. The van der Waals surface area contributed by atoms with E-state index in [1.54, 1.807) is 0 Å². The number of hydrogen-bond donors (Lipinski definition) is 1. The molecule has 0 aliphatic rings. The van der Waals surface area contributed by atoms with Crippen LogP contribution in [0.15, 0.2) is 47.5 Å². The Morgan fingerprint density at radius 2 is 1.78 bits per heavy atom. The summed E-state index contributed by atoms with van der Waals surface area (Å²) in [5, 5.41) is 22.4. The topological polar surface area (TPSA) is 83.0 Å². The third kappa shape index (κ3) is 4.89. The predicted molar refractivity (Wildman–Crippen MR) is 86.8 cm³/mol.